The maximum atomic E-state index is 13.1. The Balaban J connectivity index is 1.84. The Kier molecular flexibility index (Phi) is 4.49. The van der Waals surface area contributed by atoms with E-state index in [1.165, 1.54) is 0 Å². The highest BCUT2D eigenvalue weighted by atomic mass is 32.2. The zero-order chi connectivity index (χ0) is 19.7. The van der Waals surface area contributed by atoms with Crippen LogP contribution in [0.3, 0.4) is 0 Å². The molecule has 0 unspecified atom stereocenters. The molecule has 1 heterocycles. The van der Waals surface area contributed by atoms with E-state index >= 15 is 0 Å². The number of para-hydroxylation sites is 1. The van der Waals surface area contributed by atoms with Crippen LogP contribution in [0.5, 0.6) is 0 Å². The summed E-state index contributed by atoms with van der Waals surface area (Å²) in [6.07, 6.45) is 0. The Bertz CT molecular complexity index is 1250. The number of nitrogens with one attached hydrogen (secondary N) is 1. The van der Waals surface area contributed by atoms with Crippen LogP contribution in [-0.2, 0) is 10.0 Å². The predicted octanol–water partition coefficient (Wildman–Crippen LogP) is 4.25. The van der Waals surface area contributed by atoms with Crippen LogP contribution >= 0.6 is 0 Å². The maximum Gasteiger partial charge on any atom is 0.262 e. The first-order valence-electron chi connectivity index (χ1n) is 8.76. The lowest BCUT2D eigenvalue weighted by molar-refractivity contribution is -0.564. The molecule has 0 saturated heterocycles. The molecule has 0 spiro atoms. The first kappa shape index (κ1) is 18.0. The van der Waals surface area contributed by atoms with E-state index in [1.54, 1.807) is 48.5 Å². The molecule has 140 valence electrons. The van der Waals surface area contributed by atoms with Gasteiger partial charge in [-0.2, -0.15) is 4.73 Å². The van der Waals surface area contributed by atoms with E-state index in [0.29, 0.717) is 11.1 Å². The summed E-state index contributed by atoms with van der Waals surface area (Å²) in [6.45, 7) is 1.89. The molecule has 6 heteroatoms. The normalized spacial score (nSPS) is 11.5. The van der Waals surface area contributed by atoms with Crippen LogP contribution in [0.2, 0.25) is 0 Å². The second-order valence-electron chi connectivity index (χ2n) is 6.54. The number of aryl methyl sites for hydroxylation is 1. The molecule has 0 radical (unpaired) electrons. The molecule has 0 aliphatic rings. The van der Waals surface area contributed by atoms with E-state index in [-0.39, 0.29) is 16.1 Å². The molecule has 28 heavy (non-hydrogen) atoms. The Hall–Kier alpha value is -3.38. The number of aromatic nitrogens is 1. The third-order valence-electron chi connectivity index (χ3n) is 4.56. The second kappa shape index (κ2) is 6.98. The topological polar surface area (TPSA) is 73.1 Å². The molecule has 3 aromatic carbocycles. The average molecular weight is 390 g/mol. The van der Waals surface area contributed by atoms with Gasteiger partial charge in [0.25, 0.3) is 10.0 Å². The summed E-state index contributed by atoms with van der Waals surface area (Å²) in [5, 5.41) is 13.8. The van der Waals surface area contributed by atoms with Crippen LogP contribution in [0.15, 0.2) is 89.8 Å². The van der Waals surface area contributed by atoms with Crippen molar-refractivity contribution >= 4 is 26.6 Å². The molecular formula is C22H18N2O3S. The monoisotopic (exact) mass is 390 g/mol. The molecule has 4 rings (SSSR count). The Morgan fingerprint density at radius 1 is 0.821 bits per heavy atom. The number of sulfonamides is 1. The van der Waals surface area contributed by atoms with Crippen LogP contribution < -0.4 is 9.45 Å². The number of rotatable bonds is 4. The summed E-state index contributed by atoms with van der Waals surface area (Å²) < 4.78 is 28.9. The lowest BCUT2D eigenvalue weighted by atomic mass is 10.1. The van der Waals surface area contributed by atoms with Crippen molar-refractivity contribution in [3.05, 3.63) is 95.7 Å². The minimum absolute atomic E-state index is 0.145. The molecule has 5 nitrogen and oxygen atoms in total. The van der Waals surface area contributed by atoms with Gasteiger partial charge >= 0.3 is 0 Å². The summed E-state index contributed by atoms with van der Waals surface area (Å²) in [5.41, 5.74) is 2.70. The number of benzene rings is 3. The van der Waals surface area contributed by atoms with Gasteiger partial charge in [-0.05, 0) is 49.4 Å². The van der Waals surface area contributed by atoms with Crippen LogP contribution in [-0.4, -0.2) is 8.42 Å². The average Bonchev–Trinajstić information content (AvgIpc) is 2.69. The van der Waals surface area contributed by atoms with Gasteiger partial charge in [0.1, 0.15) is 5.69 Å². The van der Waals surface area contributed by atoms with Gasteiger partial charge in [0.2, 0.25) is 11.2 Å². The van der Waals surface area contributed by atoms with Gasteiger partial charge < -0.3 is 5.21 Å². The number of hydrogen-bond donors (Lipinski definition) is 1. The molecule has 0 amide bonds. The Labute approximate surface area is 163 Å². The lowest BCUT2D eigenvalue weighted by Crippen LogP contribution is -2.31. The molecule has 0 bridgehead atoms. The Morgan fingerprint density at radius 2 is 1.54 bits per heavy atom. The van der Waals surface area contributed by atoms with Gasteiger partial charge in [-0.15, -0.1) is 0 Å². The number of hydrogen-bond acceptors (Lipinski definition) is 3. The van der Waals surface area contributed by atoms with Gasteiger partial charge in [-0.1, -0.05) is 42.0 Å². The molecule has 0 aliphatic heterocycles. The van der Waals surface area contributed by atoms with Crippen LogP contribution in [0.25, 0.3) is 22.2 Å². The first-order chi connectivity index (χ1) is 13.5. The van der Waals surface area contributed by atoms with Crippen LogP contribution in [0.4, 0.5) is 5.69 Å². The second-order valence-corrected chi connectivity index (χ2v) is 8.22. The molecular weight excluding hydrogens is 372 g/mol. The molecule has 0 atom stereocenters. The van der Waals surface area contributed by atoms with Crippen LogP contribution in [0, 0.1) is 12.1 Å². The summed E-state index contributed by atoms with van der Waals surface area (Å²) in [5.74, 6) is 0. The van der Waals surface area contributed by atoms with Crippen molar-refractivity contribution in [2.24, 2.45) is 0 Å². The molecule has 1 aromatic heterocycles. The van der Waals surface area contributed by atoms with Crippen molar-refractivity contribution in [1.82, 2.24) is 0 Å². The molecule has 0 aliphatic carbocycles. The predicted molar refractivity (Wildman–Crippen MR) is 110 cm³/mol. The summed E-state index contributed by atoms with van der Waals surface area (Å²) in [7, 11) is -3.82. The smallest absolute Gasteiger partial charge is 0.262 e. The van der Waals surface area contributed by atoms with E-state index in [9.17, 15) is 13.6 Å². The fourth-order valence-electron chi connectivity index (χ4n) is 3.11. The van der Waals surface area contributed by atoms with Gasteiger partial charge in [-0.3, -0.25) is 4.72 Å². The SMILES string of the molecule is Cc1ccc(S(=O)(=O)Nc2cccc3ccc(-c4ccccc4)[n+]([O-])c23)cc1. The van der Waals surface area contributed by atoms with Crippen molar-refractivity contribution in [2.75, 3.05) is 4.72 Å². The van der Waals surface area contributed by atoms with E-state index < -0.39 is 10.0 Å². The Morgan fingerprint density at radius 3 is 2.25 bits per heavy atom. The molecule has 1 N–H and O–H groups in total. The van der Waals surface area contributed by atoms with Crippen molar-refractivity contribution in [3.8, 4) is 11.3 Å². The van der Waals surface area contributed by atoms with Gasteiger partial charge in [0, 0.05) is 17.0 Å². The van der Waals surface area contributed by atoms with E-state index in [1.807, 2.05) is 43.3 Å². The lowest BCUT2D eigenvalue weighted by Gasteiger charge is -2.13. The fourth-order valence-corrected chi connectivity index (χ4v) is 4.17. The highest BCUT2D eigenvalue weighted by molar-refractivity contribution is 7.92. The minimum atomic E-state index is -3.82. The molecule has 0 saturated carbocycles. The van der Waals surface area contributed by atoms with Crippen molar-refractivity contribution < 1.29 is 13.1 Å². The summed E-state index contributed by atoms with van der Waals surface area (Å²) >= 11 is 0. The fraction of sp³-hybridized carbons (Fsp3) is 0.0455. The van der Waals surface area contributed by atoms with Crippen molar-refractivity contribution in [3.63, 3.8) is 0 Å². The van der Waals surface area contributed by atoms with E-state index in [0.717, 1.165) is 15.9 Å². The van der Waals surface area contributed by atoms with Crippen molar-refractivity contribution in [1.29, 1.82) is 0 Å². The number of fused-ring (bicyclic) bond motifs is 1. The number of nitrogens with zero attached hydrogens (tertiary/aromatic N) is 1. The molecule has 4 aromatic rings. The van der Waals surface area contributed by atoms with Crippen LogP contribution in [0.1, 0.15) is 5.56 Å². The largest absolute Gasteiger partial charge is 0.618 e. The number of pyridine rings is 1. The standard InChI is InChI=1S/C22H18N2O3S/c1-16-10-13-19(14-11-16)28(26,27)23-20-9-5-8-18-12-15-21(24(25)22(18)20)17-6-3-2-4-7-17/h2-15,23H,1H3. The number of anilines is 1. The zero-order valence-corrected chi connectivity index (χ0v) is 16.0. The summed E-state index contributed by atoms with van der Waals surface area (Å²) in [6, 6.07) is 24.5. The highest BCUT2D eigenvalue weighted by Gasteiger charge is 2.21. The van der Waals surface area contributed by atoms with Gasteiger partial charge in [0.15, 0.2) is 0 Å². The molecule has 0 fully saturated rings. The van der Waals surface area contributed by atoms with Gasteiger partial charge in [0.05, 0.1) is 4.90 Å². The minimum Gasteiger partial charge on any atom is -0.618 e. The van der Waals surface area contributed by atoms with Crippen molar-refractivity contribution in [2.45, 2.75) is 11.8 Å². The van der Waals surface area contributed by atoms with E-state index in [2.05, 4.69) is 4.72 Å². The van der Waals surface area contributed by atoms with E-state index in [4.69, 9.17) is 0 Å². The quantitative estimate of drug-likeness (QED) is 0.418. The third-order valence-corrected chi connectivity index (χ3v) is 5.94. The highest BCUT2D eigenvalue weighted by Crippen LogP contribution is 2.26. The first-order valence-corrected chi connectivity index (χ1v) is 10.2. The summed E-state index contributed by atoms with van der Waals surface area (Å²) in [4.78, 5) is 0.145. The van der Waals surface area contributed by atoms with Gasteiger partial charge in [-0.25, -0.2) is 8.42 Å². The maximum absolute atomic E-state index is 13.1. The third kappa shape index (κ3) is 3.30. The zero-order valence-electron chi connectivity index (χ0n) is 15.2.